The van der Waals surface area contributed by atoms with E-state index in [4.69, 9.17) is 15.2 Å². The van der Waals surface area contributed by atoms with Crippen LogP contribution in [0.5, 0.6) is 11.8 Å². The second-order valence-corrected chi connectivity index (χ2v) is 3.90. The molecule has 18 heavy (non-hydrogen) atoms. The zero-order chi connectivity index (χ0) is 12.5. The molecule has 6 heteroatoms. The average molecular weight is 244 g/mol. The van der Waals surface area contributed by atoms with Crippen LogP contribution in [-0.4, -0.2) is 28.7 Å². The van der Waals surface area contributed by atoms with Gasteiger partial charge in [-0.1, -0.05) is 12.1 Å². The number of aromatic nitrogens is 3. The van der Waals surface area contributed by atoms with E-state index in [1.54, 1.807) is 0 Å². The summed E-state index contributed by atoms with van der Waals surface area (Å²) in [4.78, 5) is 12.2. The van der Waals surface area contributed by atoms with Crippen molar-refractivity contribution in [2.75, 3.05) is 19.5 Å². The Kier molecular flexibility index (Phi) is 2.47. The Balaban J connectivity index is 2.15. The molecule has 2 N–H and O–H groups in total. The third kappa shape index (κ3) is 1.71. The first kappa shape index (κ1) is 10.8. The van der Waals surface area contributed by atoms with Gasteiger partial charge in [-0.3, -0.25) is 0 Å². The molecule has 6 nitrogen and oxygen atoms in total. The lowest BCUT2D eigenvalue weighted by Gasteiger charge is -2.07. The molecule has 0 amide bonds. The van der Waals surface area contributed by atoms with E-state index in [2.05, 4.69) is 15.0 Å². The third-order valence-electron chi connectivity index (χ3n) is 2.77. The van der Waals surface area contributed by atoms with Crippen molar-refractivity contribution < 1.29 is 9.47 Å². The summed E-state index contributed by atoms with van der Waals surface area (Å²) in [7, 11) is 1.49. The van der Waals surface area contributed by atoms with Crippen LogP contribution < -0.4 is 15.2 Å². The number of benzene rings is 1. The SMILES string of the molecule is COc1nc(N)nc(-c2cccc3c2OCC3)n1. The van der Waals surface area contributed by atoms with Crippen molar-refractivity contribution in [2.45, 2.75) is 6.42 Å². The minimum Gasteiger partial charge on any atom is -0.492 e. The van der Waals surface area contributed by atoms with Gasteiger partial charge in [-0.05, 0) is 11.6 Å². The fourth-order valence-corrected chi connectivity index (χ4v) is 1.98. The zero-order valence-corrected chi connectivity index (χ0v) is 9.88. The minimum atomic E-state index is 0.132. The van der Waals surface area contributed by atoms with Crippen molar-refractivity contribution in [1.82, 2.24) is 15.0 Å². The van der Waals surface area contributed by atoms with Gasteiger partial charge in [0.05, 0.1) is 19.3 Å². The van der Waals surface area contributed by atoms with Crippen LogP contribution in [0.4, 0.5) is 5.95 Å². The van der Waals surface area contributed by atoms with Crippen LogP contribution in [0.3, 0.4) is 0 Å². The highest BCUT2D eigenvalue weighted by atomic mass is 16.5. The molecule has 0 atom stereocenters. The van der Waals surface area contributed by atoms with E-state index in [1.807, 2.05) is 18.2 Å². The summed E-state index contributed by atoms with van der Waals surface area (Å²) in [6, 6.07) is 6.09. The molecule has 0 radical (unpaired) electrons. The van der Waals surface area contributed by atoms with Gasteiger partial charge in [0.25, 0.3) is 0 Å². The standard InChI is InChI=1S/C12H12N4O2/c1-17-12-15-10(14-11(13)16-12)8-4-2-3-7-5-6-18-9(7)8/h2-4H,5-6H2,1H3,(H2,13,14,15,16). The molecule has 2 heterocycles. The van der Waals surface area contributed by atoms with Gasteiger partial charge in [-0.2, -0.15) is 15.0 Å². The summed E-state index contributed by atoms with van der Waals surface area (Å²) in [5, 5.41) is 0. The molecule has 0 aliphatic carbocycles. The number of nitrogens with two attached hydrogens (primary N) is 1. The molecule has 3 rings (SSSR count). The van der Waals surface area contributed by atoms with Gasteiger partial charge in [0.2, 0.25) is 5.95 Å². The third-order valence-corrected chi connectivity index (χ3v) is 2.77. The van der Waals surface area contributed by atoms with Gasteiger partial charge >= 0.3 is 6.01 Å². The number of nitrogen functional groups attached to an aromatic ring is 1. The summed E-state index contributed by atoms with van der Waals surface area (Å²) in [5.74, 6) is 1.43. The second-order valence-electron chi connectivity index (χ2n) is 3.90. The van der Waals surface area contributed by atoms with Gasteiger partial charge in [0.1, 0.15) is 5.75 Å². The molecular weight excluding hydrogens is 232 g/mol. The number of rotatable bonds is 2. The Morgan fingerprint density at radius 3 is 3.00 bits per heavy atom. The van der Waals surface area contributed by atoms with E-state index in [1.165, 1.54) is 7.11 Å². The van der Waals surface area contributed by atoms with Gasteiger partial charge in [-0.15, -0.1) is 0 Å². The summed E-state index contributed by atoms with van der Waals surface area (Å²) >= 11 is 0. The first-order chi connectivity index (χ1) is 8.78. The van der Waals surface area contributed by atoms with Crippen molar-refractivity contribution in [3.05, 3.63) is 23.8 Å². The number of hydrogen-bond acceptors (Lipinski definition) is 6. The van der Waals surface area contributed by atoms with E-state index in [9.17, 15) is 0 Å². The summed E-state index contributed by atoms with van der Waals surface area (Å²) in [6.07, 6.45) is 0.904. The number of nitrogens with zero attached hydrogens (tertiary/aromatic N) is 3. The predicted molar refractivity (Wildman–Crippen MR) is 65.4 cm³/mol. The van der Waals surface area contributed by atoms with E-state index < -0.39 is 0 Å². The lowest BCUT2D eigenvalue weighted by molar-refractivity contribution is 0.357. The number of methoxy groups -OCH3 is 1. The van der Waals surface area contributed by atoms with E-state index in [0.717, 1.165) is 23.3 Å². The highest BCUT2D eigenvalue weighted by Gasteiger charge is 2.19. The van der Waals surface area contributed by atoms with Crippen LogP contribution in [0.1, 0.15) is 5.56 Å². The van der Waals surface area contributed by atoms with Crippen LogP contribution in [0.2, 0.25) is 0 Å². The molecule has 0 bridgehead atoms. The lowest BCUT2D eigenvalue weighted by Crippen LogP contribution is -2.03. The Labute approximate surface area is 104 Å². The molecule has 92 valence electrons. The van der Waals surface area contributed by atoms with E-state index in [-0.39, 0.29) is 12.0 Å². The summed E-state index contributed by atoms with van der Waals surface area (Å²) in [6.45, 7) is 0.685. The fourth-order valence-electron chi connectivity index (χ4n) is 1.98. The average Bonchev–Trinajstić information content (AvgIpc) is 2.85. The molecule has 1 aliphatic rings. The second kappa shape index (κ2) is 4.14. The maximum Gasteiger partial charge on any atom is 0.321 e. The number of fused-ring (bicyclic) bond motifs is 1. The van der Waals surface area contributed by atoms with Gasteiger partial charge < -0.3 is 15.2 Å². The molecule has 1 aliphatic heterocycles. The number of ether oxygens (including phenoxy) is 2. The van der Waals surface area contributed by atoms with Gasteiger partial charge in [0, 0.05) is 6.42 Å². The molecule has 0 saturated heterocycles. The topological polar surface area (TPSA) is 83.2 Å². The predicted octanol–water partition coefficient (Wildman–Crippen LogP) is 1.06. The fraction of sp³-hybridized carbons (Fsp3) is 0.250. The van der Waals surface area contributed by atoms with Crippen LogP contribution in [0.25, 0.3) is 11.4 Å². The molecular formula is C12H12N4O2. The molecule has 0 spiro atoms. The lowest BCUT2D eigenvalue weighted by atomic mass is 10.1. The largest absolute Gasteiger partial charge is 0.492 e. The minimum absolute atomic E-state index is 0.132. The Bertz CT molecular complexity index is 601. The van der Waals surface area contributed by atoms with Crippen molar-refractivity contribution in [1.29, 1.82) is 0 Å². The van der Waals surface area contributed by atoms with Crippen LogP contribution in [0, 0.1) is 0 Å². The number of para-hydroxylation sites is 1. The van der Waals surface area contributed by atoms with Crippen LogP contribution in [0.15, 0.2) is 18.2 Å². The van der Waals surface area contributed by atoms with Crippen molar-refractivity contribution in [2.24, 2.45) is 0 Å². The van der Waals surface area contributed by atoms with Crippen LogP contribution >= 0.6 is 0 Å². The van der Waals surface area contributed by atoms with Crippen molar-refractivity contribution in [3.63, 3.8) is 0 Å². The molecule has 0 saturated carbocycles. The quantitative estimate of drug-likeness (QED) is 0.850. The zero-order valence-electron chi connectivity index (χ0n) is 9.88. The summed E-state index contributed by atoms with van der Waals surface area (Å²) < 4.78 is 10.6. The molecule has 0 unspecified atom stereocenters. The van der Waals surface area contributed by atoms with Gasteiger partial charge in [-0.25, -0.2) is 0 Å². The molecule has 1 aromatic heterocycles. The van der Waals surface area contributed by atoms with Crippen molar-refractivity contribution in [3.8, 4) is 23.1 Å². The molecule has 2 aromatic rings. The maximum absolute atomic E-state index is 5.63. The van der Waals surface area contributed by atoms with Gasteiger partial charge in [0.15, 0.2) is 5.82 Å². The highest BCUT2D eigenvalue weighted by Crippen LogP contribution is 2.35. The summed E-state index contributed by atoms with van der Waals surface area (Å²) in [5.41, 5.74) is 7.61. The molecule has 1 aromatic carbocycles. The maximum atomic E-state index is 5.63. The van der Waals surface area contributed by atoms with Crippen LogP contribution in [-0.2, 0) is 6.42 Å². The number of hydrogen-bond donors (Lipinski definition) is 1. The first-order valence-electron chi connectivity index (χ1n) is 5.58. The first-order valence-corrected chi connectivity index (χ1v) is 5.58. The normalized spacial score (nSPS) is 12.9. The smallest absolute Gasteiger partial charge is 0.321 e. The molecule has 0 fully saturated rings. The Hall–Kier alpha value is -2.37. The van der Waals surface area contributed by atoms with Crippen molar-refractivity contribution >= 4 is 5.95 Å². The number of anilines is 1. The Morgan fingerprint density at radius 2 is 2.17 bits per heavy atom. The van der Waals surface area contributed by atoms with E-state index in [0.29, 0.717) is 12.4 Å². The highest BCUT2D eigenvalue weighted by molar-refractivity contribution is 5.68. The van der Waals surface area contributed by atoms with E-state index >= 15 is 0 Å². The monoisotopic (exact) mass is 244 g/mol. The Morgan fingerprint density at radius 1 is 1.28 bits per heavy atom.